The van der Waals surface area contributed by atoms with Gasteiger partial charge in [-0.3, -0.25) is 4.79 Å². The summed E-state index contributed by atoms with van der Waals surface area (Å²) >= 11 is 0. The summed E-state index contributed by atoms with van der Waals surface area (Å²) in [4.78, 5) is 11.6. The molecule has 0 saturated carbocycles. The molecule has 0 aromatic heterocycles. The fourth-order valence-corrected chi connectivity index (χ4v) is 1.79. The van der Waals surface area contributed by atoms with Crippen LogP contribution in [0.1, 0.15) is 33.1 Å². The van der Waals surface area contributed by atoms with E-state index in [1.165, 1.54) is 0 Å². The number of rotatable bonds is 8. The number of carbonyl (C=O) groups is 1. The molecule has 19 heavy (non-hydrogen) atoms. The normalized spacial score (nSPS) is 10.5. The van der Waals surface area contributed by atoms with Crippen molar-refractivity contribution >= 4 is 11.6 Å². The molecule has 106 valence electrons. The molecule has 0 aliphatic heterocycles. The Bertz CT molecular complexity index is 389. The lowest BCUT2D eigenvalue weighted by molar-refractivity contribution is -0.121. The number of anilines is 1. The maximum Gasteiger partial charge on any atom is 0.223 e. The number of nitrogens with one attached hydrogen (secondary N) is 1. The van der Waals surface area contributed by atoms with E-state index in [2.05, 4.69) is 19.2 Å². The number of hydrogen-bond donors (Lipinski definition) is 2. The van der Waals surface area contributed by atoms with E-state index in [1.807, 2.05) is 12.1 Å². The summed E-state index contributed by atoms with van der Waals surface area (Å²) in [6, 6.07) is 7.22. The Morgan fingerprint density at radius 3 is 2.74 bits per heavy atom. The van der Waals surface area contributed by atoms with E-state index in [9.17, 15) is 4.79 Å². The first-order valence-electron chi connectivity index (χ1n) is 6.90. The summed E-state index contributed by atoms with van der Waals surface area (Å²) < 4.78 is 5.48. The molecule has 1 aromatic carbocycles. The molecule has 4 heteroatoms. The van der Waals surface area contributed by atoms with E-state index in [0.29, 0.717) is 30.4 Å². The van der Waals surface area contributed by atoms with Gasteiger partial charge in [-0.2, -0.15) is 0 Å². The van der Waals surface area contributed by atoms with E-state index < -0.39 is 0 Å². The van der Waals surface area contributed by atoms with Gasteiger partial charge in [0.1, 0.15) is 5.75 Å². The van der Waals surface area contributed by atoms with Gasteiger partial charge in [0.05, 0.1) is 13.0 Å². The zero-order valence-electron chi connectivity index (χ0n) is 11.8. The molecule has 4 nitrogen and oxygen atoms in total. The third-order valence-corrected chi connectivity index (χ3v) is 3.20. The van der Waals surface area contributed by atoms with Crippen molar-refractivity contribution in [2.24, 2.45) is 5.92 Å². The molecule has 0 fully saturated rings. The van der Waals surface area contributed by atoms with Crippen LogP contribution in [-0.4, -0.2) is 19.1 Å². The van der Waals surface area contributed by atoms with Crippen molar-refractivity contribution in [1.29, 1.82) is 0 Å². The second-order valence-corrected chi connectivity index (χ2v) is 4.66. The average Bonchev–Trinajstić information content (AvgIpc) is 2.40. The summed E-state index contributed by atoms with van der Waals surface area (Å²) in [5.41, 5.74) is 6.31. The largest absolute Gasteiger partial charge is 0.493 e. The summed E-state index contributed by atoms with van der Waals surface area (Å²) in [5.74, 6) is 1.31. The Labute approximate surface area is 115 Å². The fourth-order valence-electron chi connectivity index (χ4n) is 1.79. The molecule has 1 aromatic rings. The van der Waals surface area contributed by atoms with Gasteiger partial charge in [0.25, 0.3) is 0 Å². The first kappa shape index (κ1) is 15.3. The van der Waals surface area contributed by atoms with Gasteiger partial charge in [-0.25, -0.2) is 0 Å². The fraction of sp³-hybridized carbons (Fsp3) is 0.533. The highest BCUT2D eigenvalue weighted by Crippen LogP contribution is 2.14. The van der Waals surface area contributed by atoms with Crippen LogP contribution in [-0.2, 0) is 4.79 Å². The van der Waals surface area contributed by atoms with Crippen LogP contribution in [0.2, 0.25) is 0 Å². The molecule has 1 rings (SSSR count). The van der Waals surface area contributed by atoms with E-state index in [4.69, 9.17) is 10.5 Å². The number of amides is 1. The number of ether oxygens (including phenoxy) is 1. The molecule has 0 unspecified atom stereocenters. The minimum atomic E-state index is 0.0378. The summed E-state index contributed by atoms with van der Waals surface area (Å²) in [7, 11) is 0. The monoisotopic (exact) mass is 264 g/mol. The van der Waals surface area contributed by atoms with Gasteiger partial charge in [0, 0.05) is 18.3 Å². The molecule has 1 amide bonds. The zero-order valence-corrected chi connectivity index (χ0v) is 11.8. The average molecular weight is 264 g/mol. The second kappa shape index (κ2) is 8.40. The van der Waals surface area contributed by atoms with Gasteiger partial charge in [0.2, 0.25) is 5.91 Å². The molecular formula is C15H24N2O2. The summed E-state index contributed by atoms with van der Waals surface area (Å²) in [5, 5.41) is 2.94. The number of benzene rings is 1. The maximum atomic E-state index is 11.6. The molecule has 0 atom stereocenters. The molecule has 0 spiro atoms. The highest BCUT2D eigenvalue weighted by molar-refractivity contribution is 5.75. The van der Waals surface area contributed by atoms with Gasteiger partial charge < -0.3 is 15.8 Å². The van der Waals surface area contributed by atoms with Crippen molar-refractivity contribution < 1.29 is 9.53 Å². The molecule has 0 heterocycles. The molecule has 0 aliphatic rings. The molecule has 0 aliphatic carbocycles. The van der Waals surface area contributed by atoms with Crippen LogP contribution >= 0.6 is 0 Å². The predicted molar refractivity (Wildman–Crippen MR) is 78.0 cm³/mol. The number of hydrogen-bond acceptors (Lipinski definition) is 3. The van der Waals surface area contributed by atoms with Crippen molar-refractivity contribution in [3.63, 3.8) is 0 Å². The first-order valence-corrected chi connectivity index (χ1v) is 6.90. The van der Waals surface area contributed by atoms with Crippen molar-refractivity contribution in [3.8, 4) is 5.75 Å². The third kappa shape index (κ3) is 6.13. The Balaban J connectivity index is 2.20. The van der Waals surface area contributed by atoms with Crippen LogP contribution in [0.3, 0.4) is 0 Å². The number of nitrogen functional groups attached to an aromatic ring is 1. The zero-order chi connectivity index (χ0) is 14.1. The molecule has 0 bridgehead atoms. The van der Waals surface area contributed by atoms with Crippen LogP contribution in [0.5, 0.6) is 5.75 Å². The molecular weight excluding hydrogens is 240 g/mol. The highest BCUT2D eigenvalue weighted by atomic mass is 16.5. The van der Waals surface area contributed by atoms with Gasteiger partial charge >= 0.3 is 0 Å². The summed E-state index contributed by atoms with van der Waals surface area (Å²) in [6.07, 6.45) is 2.56. The first-order chi connectivity index (χ1) is 9.15. The summed E-state index contributed by atoms with van der Waals surface area (Å²) in [6.45, 7) is 5.41. The minimum absolute atomic E-state index is 0.0378. The Morgan fingerprint density at radius 1 is 1.37 bits per heavy atom. The quantitative estimate of drug-likeness (QED) is 0.709. The third-order valence-electron chi connectivity index (χ3n) is 3.20. The SMILES string of the molecule is CCC(CC)CNC(=O)CCOc1cccc(N)c1. The predicted octanol–water partition coefficient (Wildman–Crippen LogP) is 2.59. The number of carbonyl (C=O) groups excluding carboxylic acids is 1. The van der Waals surface area contributed by atoms with Gasteiger partial charge in [0.15, 0.2) is 0 Å². The molecule has 0 saturated heterocycles. The van der Waals surface area contributed by atoms with E-state index in [0.717, 1.165) is 19.4 Å². The molecule has 3 N–H and O–H groups in total. The highest BCUT2D eigenvalue weighted by Gasteiger charge is 2.06. The van der Waals surface area contributed by atoms with Crippen LogP contribution in [0, 0.1) is 5.92 Å². The Kier molecular flexibility index (Phi) is 6.79. The Hall–Kier alpha value is -1.71. The van der Waals surface area contributed by atoms with Crippen molar-refractivity contribution in [2.75, 3.05) is 18.9 Å². The van der Waals surface area contributed by atoms with Crippen LogP contribution < -0.4 is 15.8 Å². The van der Waals surface area contributed by atoms with E-state index in [-0.39, 0.29) is 5.91 Å². The van der Waals surface area contributed by atoms with Gasteiger partial charge in [-0.1, -0.05) is 32.8 Å². The Morgan fingerprint density at radius 2 is 2.11 bits per heavy atom. The van der Waals surface area contributed by atoms with Crippen LogP contribution in [0.25, 0.3) is 0 Å². The van der Waals surface area contributed by atoms with Crippen molar-refractivity contribution in [1.82, 2.24) is 5.32 Å². The van der Waals surface area contributed by atoms with Crippen molar-refractivity contribution in [2.45, 2.75) is 33.1 Å². The van der Waals surface area contributed by atoms with Crippen LogP contribution in [0.15, 0.2) is 24.3 Å². The second-order valence-electron chi connectivity index (χ2n) is 4.66. The lowest BCUT2D eigenvalue weighted by atomic mass is 10.0. The van der Waals surface area contributed by atoms with Gasteiger partial charge in [-0.05, 0) is 18.1 Å². The standard InChI is InChI=1S/C15H24N2O2/c1-3-12(4-2)11-17-15(18)8-9-19-14-7-5-6-13(16)10-14/h5-7,10,12H,3-4,8-9,11,16H2,1-2H3,(H,17,18). The van der Waals surface area contributed by atoms with Crippen LogP contribution in [0.4, 0.5) is 5.69 Å². The lowest BCUT2D eigenvalue weighted by Crippen LogP contribution is -2.29. The molecule has 0 radical (unpaired) electrons. The van der Waals surface area contributed by atoms with Crippen molar-refractivity contribution in [3.05, 3.63) is 24.3 Å². The van der Waals surface area contributed by atoms with E-state index in [1.54, 1.807) is 12.1 Å². The van der Waals surface area contributed by atoms with E-state index >= 15 is 0 Å². The van der Waals surface area contributed by atoms with Gasteiger partial charge in [-0.15, -0.1) is 0 Å². The topological polar surface area (TPSA) is 64.3 Å². The maximum absolute atomic E-state index is 11.6. The lowest BCUT2D eigenvalue weighted by Gasteiger charge is -2.13. The smallest absolute Gasteiger partial charge is 0.223 e. The minimum Gasteiger partial charge on any atom is -0.493 e. The number of nitrogens with two attached hydrogens (primary N) is 1.